The van der Waals surface area contributed by atoms with E-state index in [1.54, 1.807) is 6.07 Å². The first-order valence-corrected chi connectivity index (χ1v) is 8.88. The zero-order chi connectivity index (χ0) is 15.1. The topological polar surface area (TPSA) is 60.2 Å². The van der Waals surface area contributed by atoms with Crippen molar-refractivity contribution in [1.82, 2.24) is 0 Å². The van der Waals surface area contributed by atoms with Gasteiger partial charge in [0, 0.05) is 11.1 Å². The predicted molar refractivity (Wildman–Crippen MR) is 83.0 cm³/mol. The Bertz CT molecular complexity index is 614. The summed E-state index contributed by atoms with van der Waals surface area (Å²) in [5.74, 6) is 0. The molecule has 0 spiro atoms. The van der Waals surface area contributed by atoms with Gasteiger partial charge in [-0.05, 0) is 42.9 Å². The van der Waals surface area contributed by atoms with Gasteiger partial charge in [-0.2, -0.15) is 0 Å². The summed E-state index contributed by atoms with van der Waals surface area (Å²) in [6, 6.07) is 4.14. The fourth-order valence-corrected chi connectivity index (χ4v) is 5.64. The SMILES string of the molecule is CC1(C)CCC(N)C(S(=O)(=O)c2cc(Cl)ccc2Cl)C1. The summed E-state index contributed by atoms with van der Waals surface area (Å²) in [6.07, 6.45) is 2.18. The van der Waals surface area contributed by atoms with E-state index in [2.05, 4.69) is 13.8 Å². The Balaban J connectivity index is 2.46. The number of hydrogen-bond donors (Lipinski definition) is 1. The van der Waals surface area contributed by atoms with Crippen molar-refractivity contribution >= 4 is 33.0 Å². The van der Waals surface area contributed by atoms with Crippen molar-refractivity contribution in [1.29, 1.82) is 0 Å². The fourth-order valence-electron chi connectivity index (χ4n) is 2.74. The van der Waals surface area contributed by atoms with Gasteiger partial charge in [0.15, 0.2) is 9.84 Å². The Labute approximate surface area is 130 Å². The number of benzene rings is 1. The first kappa shape index (κ1) is 16.1. The number of sulfone groups is 1. The molecule has 112 valence electrons. The fraction of sp³-hybridized carbons (Fsp3) is 0.571. The molecule has 0 radical (unpaired) electrons. The molecule has 0 saturated heterocycles. The average Bonchev–Trinajstić information content (AvgIpc) is 2.35. The smallest absolute Gasteiger partial charge is 0.184 e. The van der Waals surface area contributed by atoms with Gasteiger partial charge in [0.05, 0.1) is 15.2 Å². The van der Waals surface area contributed by atoms with E-state index in [1.807, 2.05) is 0 Å². The van der Waals surface area contributed by atoms with Crippen molar-refractivity contribution in [3.05, 3.63) is 28.2 Å². The van der Waals surface area contributed by atoms with Crippen LogP contribution in [0.1, 0.15) is 33.1 Å². The summed E-state index contributed by atoms with van der Waals surface area (Å²) in [4.78, 5) is 0.0878. The van der Waals surface area contributed by atoms with Crippen LogP contribution in [-0.2, 0) is 9.84 Å². The van der Waals surface area contributed by atoms with Gasteiger partial charge in [-0.25, -0.2) is 8.42 Å². The van der Waals surface area contributed by atoms with Crippen LogP contribution >= 0.6 is 23.2 Å². The summed E-state index contributed by atoms with van der Waals surface area (Å²) in [5.41, 5.74) is 6.03. The predicted octanol–water partition coefficient (Wildman–Crippen LogP) is 3.67. The Morgan fingerprint density at radius 2 is 1.95 bits per heavy atom. The minimum absolute atomic E-state index is 0.0291. The van der Waals surface area contributed by atoms with Crippen molar-refractivity contribution in [2.24, 2.45) is 11.1 Å². The molecule has 2 rings (SSSR count). The molecule has 1 aromatic carbocycles. The molecule has 3 nitrogen and oxygen atoms in total. The third-order valence-corrected chi connectivity index (χ3v) is 6.93. The summed E-state index contributed by atoms with van der Waals surface area (Å²) in [5, 5.41) is -0.0520. The Morgan fingerprint density at radius 1 is 1.30 bits per heavy atom. The second kappa shape index (κ2) is 5.48. The molecule has 2 unspecified atom stereocenters. The van der Waals surface area contributed by atoms with E-state index >= 15 is 0 Å². The quantitative estimate of drug-likeness (QED) is 0.896. The Kier molecular flexibility index (Phi) is 4.41. The maximum Gasteiger partial charge on any atom is 0.184 e. The molecule has 6 heteroatoms. The minimum atomic E-state index is -3.58. The number of halogens is 2. The molecule has 2 atom stereocenters. The molecule has 0 amide bonds. The normalized spacial score (nSPS) is 26.4. The van der Waals surface area contributed by atoms with Crippen molar-refractivity contribution in [2.45, 2.75) is 49.3 Å². The molecule has 0 bridgehead atoms. The average molecular weight is 336 g/mol. The van der Waals surface area contributed by atoms with E-state index in [0.29, 0.717) is 17.9 Å². The van der Waals surface area contributed by atoms with Crippen molar-refractivity contribution in [3.63, 3.8) is 0 Å². The van der Waals surface area contributed by atoms with Crippen LogP contribution in [0.15, 0.2) is 23.1 Å². The third kappa shape index (κ3) is 3.14. The highest BCUT2D eigenvalue weighted by atomic mass is 35.5. The molecule has 0 aromatic heterocycles. The first-order chi connectivity index (χ1) is 9.13. The molecule has 0 aliphatic heterocycles. The first-order valence-electron chi connectivity index (χ1n) is 6.58. The van der Waals surface area contributed by atoms with E-state index in [-0.39, 0.29) is 21.4 Å². The highest BCUT2D eigenvalue weighted by molar-refractivity contribution is 7.92. The lowest BCUT2D eigenvalue weighted by Crippen LogP contribution is -2.47. The van der Waals surface area contributed by atoms with Gasteiger partial charge in [0.2, 0.25) is 0 Å². The summed E-state index contributed by atoms with van der Waals surface area (Å²) >= 11 is 11.9. The molecule has 20 heavy (non-hydrogen) atoms. The van der Waals surface area contributed by atoms with E-state index in [4.69, 9.17) is 28.9 Å². The van der Waals surface area contributed by atoms with Gasteiger partial charge in [-0.3, -0.25) is 0 Å². The second-order valence-electron chi connectivity index (χ2n) is 6.23. The molecule has 0 heterocycles. The van der Waals surface area contributed by atoms with Crippen molar-refractivity contribution in [3.8, 4) is 0 Å². The molecule has 1 aliphatic rings. The lowest BCUT2D eigenvalue weighted by Gasteiger charge is -2.38. The number of nitrogens with two attached hydrogens (primary N) is 1. The Hall–Kier alpha value is -0.290. The summed E-state index contributed by atoms with van der Waals surface area (Å²) < 4.78 is 25.7. The van der Waals surface area contributed by atoms with Crippen LogP contribution in [0.25, 0.3) is 0 Å². The molecular formula is C14H19Cl2NO2S. The monoisotopic (exact) mass is 335 g/mol. The third-order valence-electron chi connectivity index (χ3n) is 3.98. The molecule has 1 aliphatic carbocycles. The molecule has 1 saturated carbocycles. The van der Waals surface area contributed by atoms with Gasteiger partial charge in [-0.1, -0.05) is 37.0 Å². The zero-order valence-electron chi connectivity index (χ0n) is 11.6. The lowest BCUT2D eigenvalue weighted by atomic mass is 9.75. The summed E-state index contributed by atoms with van der Waals surface area (Å²) in [7, 11) is -3.58. The second-order valence-corrected chi connectivity index (χ2v) is 9.21. The summed E-state index contributed by atoms with van der Waals surface area (Å²) in [6.45, 7) is 4.14. The van der Waals surface area contributed by atoms with Crippen LogP contribution in [0.2, 0.25) is 10.0 Å². The van der Waals surface area contributed by atoms with E-state index < -0.39 is 15.1 Å². The van der Waals surface area contributed by atoms with Gasteiger partial charge in [0.1, 0.15) is 0 Å². The largest absolute Gasteiger partial charge is 0.327 e. The van der Waals surface area contributed by atoms with Crippen molar-refractivity contribution in [2.75, 3.05) is 0 Å². The molecular weight excluding hydrogens is 317 g/mol. The standard InChI is InChI=1S/C14H19Cl2NO2S/c1-14(2)6-5-11(17)13(8-14)20(18,19)12-7-9(15)3-4-10(12)16/h3-4,7,11,13H,5-6,8,17H2,1-2H3. The molecule has 1 aromatic rings. The lowest BCUT2D eigenvalue weighted by molar-refractivity contribution is 0.227. The van der Waals surface area contributed by atoms with Crippen molar-refractivity contribution < 1.29 is 8.42 Å². The maximum absolute atomic E-state index is 12.8. The van der Waals surface area contributed by atoms with Crippen LogP contribution in [0, 0.1) is 5.41 Å². The number of rotatable bonds is 2. The van der Waals surface area contributed by atoms with E-state index in [0.717, 1.165) is 6.42 Å². The van der Waals surface area contributed by atoms with Gasteiger partial charge < -0.3 is 5.73 Å². The van der Waals surface area contributed by atoms with Gasteiger partial charge in [-0.15, -0.1) is 0 Å². The van der Waals surface area contributed by atoms with E-state index in [1.165, 1.54) is 12.1 Å². The molecule has 1 fully saturated rings. The van der Waals surface area contributed by atoms with E-state index in [9.17, 15) is 8.42 Å². The molecule has 2 N–H and O–H groups in total. The minimum Gasteiger partial charge on any atom is -0.327 e. The number of hydrogen-bond acceptors (Lipinski definition) is 3. The van der Waals surface area contributed by atoms with Crippen LogP contribution in [0.3, 0.4) is 0 Å². The van der Waals surface area contributed by atoms with Crippen LogP contribution in [-0.4, -0.2) is 19.7 Å². The van der Waals surface area contributed by atoms with Crippen LogP contribution < -0.4 is 5.73 Å². The maximum atomic E-state index is 12.8. The van der Waals surface area contributed by atoms with Gasteiger partial charge in [0.25, 0.3) is 0 Å². The zero-order valence-corrected chi connectivity index (χ0v) is 13.9. The van der Waals surface area contributed by atoms with Crippen LogP contribution in [0.5, 0.6) is 0 Å². The highest BCUT2D eigenvalue weighted by Gasteiger charge is 2.41. The van der Waals surface area contributed by atoms with Gasteiger partial charge >= 0.3 is 0 Å². The van der Waals surface area contributed by atoms with Crippen LogP contribution in [0.4, 0.5) is 0 Å². The highest BCUT2D eigenvalue weighted by Crippen LogP contribution is 2.40. The Morgan fingerprint density at radius 3 is 2.60 bits per heavy atom.